The topological polar surface area (TPSA) is 76.8 Å². The third kappa shape index (κ3) is 4.87. The Balaban J connectivity index is 1.95. The van der Waals surface area contributed by atoms with Gasteiger partial charge in [0.15, 0.2) is 5.96 Å². The van der Waals surface area contributed by atoms with Crippen LogP contribution in [0.25, 0.3) is 0 Å². The molecule has 1 aromatic heterocycles. The van der Waals surface area contributed by atoms with Crippen LogP contribution in [0.4, 0.5) is 0 Å². The van der Waals surface area contributed by atoms with Gasteiger partial charge in [-0.15, -0.1) is 10.2 Å². The monoisotopic (exact) mass is 360 g/mol. The molecule has 1 aromatic carbocycles. The molecule has 0 amide bonds. The Hall–Kier alpha value is -2.77. The van der Waals surface area contributed by atoms with Gasteiger partial charge in [0.1, 0.15) is 23.7 Å². The summed E-state index contributed by atoms with van der Waals surface area (Å²) in [7, 11) is 7.08. The number of aryl methyl sites for hydroxylation is 1. The Morgan fingerprint density at radius 2 is 2.12 bits per heavy atom. The van der Waals surface area contributed by atoms with E-state index in [1.165, 1.54) is 0 Å². The third-order valence-electron chi connectivity index (χ3n) is 4.12. The summed E-state index contributed by atoms with van der Waals surface area (Å²) in [5.74, 6) is 3.37. The molecule has 0 saturated carbocycles. The number of ether oxygens (including phenoxy) is 2. The van der Waals surface area contributed by atoms with Crippen LogP contribution in [-0.4, -0.2) is 60.5 Å². The van der Waals surface area contributed by atoms with Crippen molar-refractivity contribution in [3.8, 4) is 11.5 Å². The molecule has 0 fully saturated rings. The summed E-state index contributed by atoms with van der Waals surface area (Å²) in [5.41, 5.74) is 1.06. The fraction of sp³-hybridized carbons (Fsp3) is 0.500. The first kappa shape index (κ1) is 19.6. The molecule has 142 valence electrons. The van der Waals surface area contributed by atoms with Gasteiger partial charge < -0.3 is 24.3 Å². The first-order valence-electron chi connectivity index (χ1n) is 8.62. The SMILES string of the molecule is CCc1nncn1CCNC(=NC)N(C)Cc1ccc(OC)cc1OC. The maximum absolute atomic E-state index is 5.47. The highest BCUT2D eigenvalue weighted by Gasteiger charge is 2.11. The number of methoxy groups -OCH3 is 2. The van der Waals surface area contributed by atoms with Crippen LogP contribution >= 0.6 is 0 Å². The van der Waals surface area contributed by atoms with E-state index in [0.29, 0.717) is 6.54 Å². The fourth-order valence-corrected chi connectivity index (χ4v) is 2.73. The fourth-order valence-electron chi connectivity index (χ4n) is 2.73. The Labute approximate surface area is 154 Å². The molecule has 0 atom stereocenters. The number of rotatable bonds is 8. The zero-order valence-electron chi connectivity index (χ0n) is 16.2. The summed E-state index contributed by atoms with van der Waals surface area (Å²) >= 11 is 0. The second-order valence-corrected chi connectivity index (χ2v) is 5.80. The summed E-state index contributed by atoms with van der Waals surface area (Å²) in [6.45, 7) is 4.26. The highest BCUT2D eigenvalue weighted by atomic mass is 16.5. The molecule has 8 heteroatoms. The molecule has 2 aromatic rings. The molecule has 0 aliphatic heterocycles. The lowest BCUT2D eigenvalue weighted by Crippen LogP contribution is -2.40. The maximum Gasteiger partial charge on any atom is 0.193 e. The summed E-state index contributed by atoms with van der Waals surface area (Å²) in [5, 5.41) is 11.4. The number of benzene rings is 1. The molecule has 0 spiro atoms. The van der Waals surface area contributed by atoms with Crippen molar-refractivity contribution in [2.45, 2.75) is 26.4 Å². The predicted octanol–water partition coefficient (Wildman–Crippen LogP) is 1.57. The lowest BCUT2D eigenvalue weighted by Gasteiger charge is -2.23. The lowest BCUT2D eigenvalue weighted by atomic mass is 10.2. The van der Waals surface area contributed by atoms with Crippen molar-refractivity contribution in [1.29, 1.82) is 0 Å². The van der Waals surface area contributed by atoms with E-state index >= 15 is 0 Å². The van der Waals surface area contributed by atoms with Gasteiger partial charge in [-0.05, 0) is 12.1 Å². The van der Waals surface area contributed by atoms with Crippen LogP contribution in [0.15, 0.2) is 29.5 Å². The molecule has 1 N–H and O–H groups in total. The lowest BCUT2D eigenvalue weighted by molar-refractivity contribution is 0.382. The standard InChI is InChI=1S/C18H28N6O2/c1-6-17-22-21-13-24(17)10-9-20-18(19-2)23(3)12-14-7-8-15(25-4)11-16(14)26-5/h7-8,11,13H,6,9-10,12H2,1-5H3,(H,19,20). The number of nitrogens with one attached hydrogen (secondary N) is 1. The van der Waals surface area contributed by atoms with Crippen LogP contribution in [-0.2, 0) is 19.5 Å². The zero-order valence-corrected chi connectivity index (χ0v) is 16.2. The molecule has 0 bridgehead atoms. The largest absolute Gasteiger partial charge is 0.497 e. The van der Waals surface area contributed by atoms with Crippen LogP contribution < -0.4 is 14.8 Å². The molecule has 2 rings (SSSR count). The molecule has 1 heterocycles. The first-order chi connectivity index (χ1) is 12.6. The Morgan fingerprint density at radius 1 is 1.31 bits per heavy atom. The Bertz CT molecular complexity index is 728. The zero-order chi connectivity index (χ0) is 18.9. The predicted molar refractivity (Wildman–Crippen MR) is 102 cm³/mol. The average molecular weight is 360 g/mol. The van der Waals surface area contributed by atoms with E-state index in [9.17, 15) is 0 Å². The van der Waals surface area contributed by atoms with Crippen LogP contribution in [0.1, 0.15) is 18.3 Å². The Morgan fingerprint density at radius 3 is 2.77 bits per heavy atom. The molecular formula is C18H28N6O2. The molecule has 0 aliphatic rings. The maximum atomic E-state index is 5.47. The number of aromatic nitrogens is 3. The minimum atomic E-state index is 0.666. The number of hydrogen-bond acceptors (Lipinski definition) is 5. The Kier molecular flexibility index (Phi) is 7.25. The van der Waals surface area contributed by atoms with E-state index in [1.807, 2.05) is 29.8 Å². The van der Waals surface area contributed by atoms with Crippen LogP contribution in [0.5, 0.6) is 11.5 Å². The number of nitrogens with zero attached hydrogens (tertiary/aromatic N) is 5. The van der Waals surface area contributed by atoms with Crippen molar-refractivity contribution in [3.05, 3.63) is 35.9 Å². The molecule has 8 nitrogen and oxygen atoms in total. The van der Waals surface area contributed by atoms with Gasteiger partial charge in [0.25, 0.3) is 0 Å². The third-order valence-corrected chi connectivity index (χ3v) is 4.12. The normalized spacial score (nSPS) is 11.3. The van der Waals surface area contributed by atoms with Gasteiger partial charge in [-0.3, -0.25) is 4.99 Å². The highest BCUT2D eigenvalue weighted by molar-refractivity contribution is 5.79. The van der Waals surface area contributed by atoms with Gasteiger partial charge in [0, 0.05) is 51.8 Å². The molecule has 26 heavy (non-hydrogen) atoms. The molecule has 0 aliphatic carbocycles. The molecule has 0 saturated heterocycles. The number of aliphatic imine (C=N–C) groups is 1. The van der Waals surface area contributed by atoms with E-state index in [0.717, 1.165) is 48.4 Å². The highest BCUT2D eigenvalue weighted by Crippen LogP contribution is 2.25. The summed E-state index contributed by atoms with van der Waals surface area (Å²) < 4.78 is 12.8. The van der Waals surface area contributed by atoms with Crippen LogP contribution in [0, 0.1) is 0 Å². The second kappa shape index (κ2) is 9.65. The molecule has 0 radical (unpaired) electrons. The van der Waals surface area contributed by atoms with Crippen molar-refractivity contribution >= 4 is 5.96 Å². The van der Waals surface area contributed by atoms with Crippen LogP contribution in [0.3, 0.4) is 0 Å². The van der Waals surface area contributed by atoms with Crippen molar-refractivity contribution < 1.29 is 9.47 Å². The summed E-state index contributed by atoms with van der Waals surface area (Å²) in [6, 6.07) is 5.82. The molecule has 0 unspecified atom stereocenters. The van der Waals surface area contributed by atoms with Gasteiger partial charge >= 0.3 is 0 Å². The number of hydrogen-bond donors (Lipinski definition) is 1. The van der Waals surface area contributed by atoms with Crippen molar-refractivity contribution in [2.24, 2.45) is 4.99 Å². The summed E-state index contributed by atoms with van der Waals surface area (Å²) in [6.07, 6.45) is 2.63. The average Bonchev–Trinajstić information content (AvgIpc) is 3.12. The van der Waals surface area contributed by atoms with E-state index in [4.69, 9.17) is 9.47 Å². The molecular weight excluding hydrogens is 332 g/mol. The smallest absolute Gasteiger partial charge is 0.193 e. The van der Waals surface area contributed by atoms with Gasteiger partial charge in [-0.1, -0.05) is 6.92 Å². The van der Waals surface area contributed by atoms with E-state index in [2.05, 4.69) is 32.3 Å². The summed E-state index contributed by atoms with van der Waals surface area (Å²) in [4.78, 5) is 6.41. The minimum absolute atomic E-state index is 0.666. The first-order valence-corrected chi connectivity index (χ1v) is 8.62. The minimum Gasteiger partial charge on any atom is -0.497 e. The van der Waals surface area contributed by atoms with Crippen molar-refractivity contribution in [2.75, 3.05) is 34.9 Å². The van der Waals surface area contributed by atoms with Crippen LogP contribution in [0.2, 0.25) is 0 Å². The van der Waals surface area contributed by atoms with E-state index < -0.39 is 0 Å². The van der Waals surface area contributed by atoms with Crippen molar-refractivity contribution in [1.82, 2.24) is 25.0 Å². The van der Waals surface area contributed by atoms with Crippen molar-refractivity contribution in [3.63, 3.8) is 0 Å². The second-order valence-electron chi connectivity index (χ2n) is 5.80. The van der Waals surface area contributed by atoms with E-state index in [1.54, 1.807) is 27.6 Å². The van der Waals surface area contributed by atoms with Gasteiger partial charge in [0.05, 0.1) is 14.2 Å². The quantitative estimate of drug-likeness (QED) is 0.569. The van der Waals surface area contributed by atoms with Gasteiger partial charge in [-0.2, -0.15) is 0 Å². The number of guanidine groups is 1. The van der Waals surface area contributed by atoms with Gasteiger partial charge in [0.2, 0.25) is 0 Å². The van der Waals surface area contributed by atoms with E-state index in [-0.39, 0.29) is 0 Å². The van der Waals surface area contributed by atoms with Gasteiger partial charge in [-0.25, -0.2) is 0 Å².